The molecule has 1 fully saturated rings. The van der Waals surface area contributed by atoms with E-state index < -0.39 is 0 Å². The van der Waals surface area contributed by atoms with Crippen LogP contribution in [0, 0.1) is 5.92 Å². The van der Waals surface area contributed by atoms with Crippen molar-refractivity contribution in [2.45, 2.75) is 51.6 Å². The summed E-state index contributed by atoms with van der Waals surface area (Å²) < 4.78 is 10.9. The number of benzene rings is 3. The SMILES string of the molecule is CCOC(=O)CCNCc1ccc(N[C@H](c2ccc(-c3nc4ccccc4o3)cc2)C2CCCC2)cc1. The summed E-state index contributed by atoms with van der Waals surface area (Å²) in [6.45, 7) is 3.59. The smallest absolute Gasteiger partial charge is 0.307 e. The normalized spacial score (nSPS) is 14.6. The third-order valence-corrected chi connectivity index (χ3v) is 7.10. The summed E-state index contributed by atoms with van der Waals surface area (Å²) in [6, 6.07) is 25.4. The summed E-state index contributed by atoms with van der Waals surface area (Å²) in [5, 5.41) is 7.14. The molecule has 1 aromatic heterocycles. The highest BCUT2D eigenvalue weighted by atomic mass is 16.5. The molecule has 0 saturated heterocycles. The van der Waals surface area contributed by atoms with E-state index in [0.29, 0.717) is 31.4 Å². The molecule has 1 atom stereocenters. The van der Waals surface area contributed by atoms with Gasteiger partial charge in [0.1, 0.15) is 5.52 Å². The summed E-state index contributed by atoms with van der Waals surface area (Å²) in [5.74, 6) is 1.11. The first-order valence-corrected chi connectivity index (χ1v) is 13.4. The van der Waals surface area contributed by atoms with Crippen LogP contribution in [0.1, 0.15) is 56.2 Å². The minimum absolute atomic E-state index is 0.158. The summed E-state index contributed by atoms with van der Waals surface area (Å²) in [5.41, 5.74) is 6.28. The molecule has 0 spiro atoms. The molecule has 0 unspecified atom stereocenters. The van der Waals surface area contributed by atoms with Crippen LogP contribution in [-0.2, 0) is 16.1 Å². The van der Waals surface area contributed by atoms with Crippen LogP contribution in [0.25, 0.3) is 22.6 Å². The van der Waals surface area contributed by atoms with Gasteiger partial charge in [-0.05, 0) is 73.2 Å². The fourth-order valence-corrected chi connectivity index (χ4v) is 5.15. The largest absolute Gasteiger partial charge is 0.466 e. The molecule has 192 valence electrons. The van der Waals surface area contributed by atoms with Crippen LogP contribution in [0.15, 0.2) is 77.2 Å². The molecule has 4 aromatic rings. The number of fused-ring (bicyclic) bond motifs is 1. The second-order valence-electron chi connectivity index (χ2n) is 9.70. The Labute approximate surface area is 218 Å². The van der Waals surface area contributed by atoms with Gasteiger partial charge in [0, 0.05) is 24.3 Å². The van der Waals surface area contributed by atoms with Gasteiger partial charge in [0.25, 0.3) is 0 Å². The first-order valence-electron chi connectivity index (χ1n) is 13.4. The van der Waals surface area contributed by atoms with E-state index in [1.165, 1.54) is 36.8 Å². The average molecular weight is 498 g/mol. The molecule has 6 heteroatoms. The van der Waals surface area contributed by atoms with Gasteiger partial charge in [0.2, 0.25) is 5.89 Å². The highest BCUT2D eigenvalue weighted by Crippen LogP contribution is 2.38. The zero-order valence-electron chi connectivity index (χ0n) is 21.4. The van der Waals surface area contributed by atoms with Gasteiger partial charge in [0.15, 0.2) is 5.58 Å². The minimum Gasteiger partial charge on any atom is -0.466 e. The van der Waals surface area contributed by atoms with Crippen LogP contribution in [0.5, 0.6) is 0 Å². The number of esters is 1. The molecular weight excluding hydrogens is 462 g/mol. The molecule has 5 rings (SSSR count). The molecule has 0 amide bonds. The Bertz CT molecular complexity index is 1260. The van der Waals surface area contributed by atoms with Crippen molar-refractivity contribution in [2.75, 3.05) is 18.5 Å². The minimum atomic E-state index is -0.158. The van der Waals surface area contributed by atoms with E-state index in [0.717, 1.165) is 28.9 Å². The molecule has 0 radical (unpaired) electrons. The molecule has 1 aliphatic carbocycles. The predicted molar refractivity (Wildman–Crippen MR) is 147 cm³/mol. The van der Waals surface area contributed by atoms with E-state index in [-0.39, 0.29) is 12.0 Å². The lowest BCUT2D eigenvalue weighted by Gasteiger charge is -2.26. The molecule has 3 aromatic carbocycles. The standard InChI is InChI=1S/C31H35N3O3/c1-2-36-29(35)19-20-32-21-22-11-17-26(18-12-22)33-30(23-7-3-4-8-23)24-13-15-25(16-14-24)31-34-27-9-5-6-10-28(27)37-31/h5-6,9-18,23,30,32-33H,2-4,7-8,19-21H2,1H3/t30-/m0/s1. The first-order chi connectivity index (χ1) is 18.2. The molecule has 1 saturated carbocycles. The van der Waals surface area contributed by atoms with Gasteiger partial charge in [-0.25, -0.2) is 4.98 Å². The van der Waals surface area contributed by atoms with Crippen LogP contribution >= 0.6 is 0 Å². The van der Waals surface area contributed by atoms with Crippen molar-refractivity contribution in [3.05, 3.63) is 83.9 Å². The maximum Gasteiger partial charge on any atom is 0.307 e. The second kappa shape index (κ2) is 12.1. The Kier molecular flexibility index (Phi) is 8.16. The highest BCUT2D eigenvalue weighted by Gasteiger charge is 2.26. The van der Waals surface area contributed by atoms with Crippen LogP contribution in [0.4, 0.5) is 5.69 Å². The molecular formula is C31H35N3O3. The van der Waals surface area contributed by atoms with Crippen molar-refractivity contribution in [3.8, 4) is 11.5 Å². The van der Waals surface area contributed by atoms with Crippen molar-refractivity contribution in [3.63, 3.8) is 0 Å². The number of para-hydroxylation sites is 2. The first kappa shape index (κ1) is 25.0. The zero-order valence-corrected chi connectivity index (χ0v) is 21.4. The van der Waals surface area contributed by atoms with E-state index in [2.05, 4.69) is 64.1 Å². The van der Waals surface area contributed by atoms with Gasteiger partial charge in [0.05, 0.1) is 19.1 Å². The molecule has 2 N–H and O–H groups in total. The Morgan fingerprint density at radius 2 is 1.78 bits per heavy atom. The molecule has 1 heterocycles. The Morgan fingerprint density at radius 1 is 1.03 bits per heavy atom. The maximum atomic E-state index is 11.5. The Hall–Kier alpha value is -3.64. The van der Waals surface area contributed by atoms with Crippen LogP contribution < -0.4 is 10.6 Å². The summed E-state index contributed by atoms with van der Waals surface area (Å²) in [6.07, 6.45) is 5.46. The monoisotopic (exact) mass is 497 g/mol. The summed E-state index contributed by atoms with van der Waals surface area (Å²) in [7, 11) is 0. The molecule has 37 heavy (non-hydrogen) atoms. The number of aromatic nitrogens is 1. The van der Waals surface area contributed by atoms with Gasteiger partial charge in [-0.2, -0.15) is 0 Å². The summed E-state index contributed by atoms with van der Waals surface area (Å²) in [4.78, 5) is 16.1. The van der Waals surface area contributed by atoms with Gasteiger partial charge in [-0.15, -0.1) is 0 Å². The number of nitrogens with one attached hydrogen (secondary N) is 2. The number of anilines is 1. The average Bonchev–Trinajstić information content (AvgIpc) is 3.61. The zero-order chi connectivity index (χ0) is 25.5. The number of ether oxygens (including phenoxy) is 1. The second-order valence-corrected chi connectivity index (χ2v) is 9.70. The summed E-state index contributed by atoms with van der Waals surface area (Å²) >= 11 is 0. The molecule has 0 aliphatic heterocycles. The third-order valence-electron chi connectivity index (χ3n) is 7.10. The van der Waals surface area contributed by atoms with E-state index in [1.54, 1.807) is 0 Å². The lowest BCUT2D eigenvalue weighted by Crippen LogP contribution is -2.20. The Balaban J connectivity index is 1.24. The van der Waals surface area contributed by atoms with Crippen molar-refractivity contribution in [1.82, 2.24) is 10.3 Å². The van der Waals surface area contributed by atoms with Crippen molar-refractivity contribution in [1.29, 1.82) is 0 Å². The lowest BCUT2D eigenvalue weighted by atomic mass is 9.90. The number of rotatable bonds is 11. The molecule has 6 nitrogen and oxygen atoms in total. The quantitative estimate of drug-likeness (QED) is 0.174. The fraction of sp³-hybridized carbons (Fsp3) is 0.355. The van der Waals surface area contributed by atoms with Crippen molar-refractivity contribution < 1.29 is 13.9 Å². The number of carbonyl (C=O) groups excluding carboxylic acids is 1. The molecule has 0 bridgehead atoms. The number of oxazole rings is 1. The highest BCUT2D eigenvalue weighted by molar-refractivity contribution is 5.76. The predicted octanol–water partition coefficient (Wildman–Crippen LogP) is 6.88. The van der Waals surface area contributed by atoms with Crippen LogP contribution in [-0.4, -0.2) is 24.1 Å². The van der Waals surface area contributed by atoms with Gasteiger partial charge in [-0.3, -0.25) is 4.79 Å². The van der Waals surface area contributed by atoms with E-state index >= 15 is 0 Å². The number of hydrogen-bond acceptors (Lipinski definition) is 6. The fourth-order valence-electron chi connectivity index (χ4n) is 5.15. The topological polar surface area (TPSA) is 76.4 Å². The maximum absolute atomic E-state index is 11.5. The van der Waals surface area contributed by atoms with Crippen LogP contribution in [0.3, 0.4) is 0 Å². The van der Waals surface area contributed by atoms with Gasteiger partial charge in [-0.1, -0.05) is 49.2 Å². The van der Waals surface area contributed by atoms with E-state index in [4.69, 9.17) is 9.15 Å². The van der Waals surface area contributed by atoms with E-state index in [1.807, 2.05) is 31.2 Å². The lowest BCUT2D eigenvalue weighted by molar-refractivity contribution is -0.142. The number of hydrogen-bond donors (Lipinski definition) is 2. The third kappa shape index (κ3) is 6.38. The van der Waals surface area contributed by atoms with Gasteiger partial charge >= 0.3 is 5.97 Å². The molecule has 1 aliphatic rings. The Morgan fingerprint density at radius 3 is 2.51 bits per heavy atom. The number of carbonyl (C=O) groups is 1. The van der Waals surface area contributed by atoms with Crippen molar-refractivity contribution in [2.24, 2.45) is 5.92 Å². The number of nitrogens with zero attached hydrogens (tertiary/aromatic N) is 1. The van der Waals surface area contributed by atoms with Gasteiger partial charge < -0.3 is 19.8 Å². The van der Waals surface area contributed by atoms with Crippen molar-refractivity contribution >= 4 is 22.8 Å². The van der Waals surface area contributed by atoms with Crippen LogP contribution in [0.2, 0.25) is 0 Å². The van der Waals surface area contributed by atoms with E-state index in [9.17, 15) is 4.79 Å².